The summed E-state index contributed by atoms with van der Waals surface area (Å²) in [6.07, 6.45) is 0.901. The lowest BCUT2D eigenvalue weighted by atomic mass is 10.1. The maximum atomic E-state index is 13.7. The lowest BCUT2D eigenvalue weighted by molar-refractivity contribution is -0.132. The summed E-state index contributed by atoms with van der Waals surface area (Å²) in [7, 11) is 1.47. The molecule has 0 bridgehead atoms. The van der Waals surface area contributed by atoms with Crippen molar-refractivity contribution >= 4 is 18.3 Å². The highest BCUT2D eigenvalue weighted by atomic mass is 35.5. The van der Waals surface area contributed by atoms with E-state index < -0.39 is 11.9 Å². The van der Waals surface area contributed by atoms with E-state index in [-0.39, 0.29) is 31.0 Å². The summed E-state index contributed by atoms with van der Waals surface area (Å²) in [5.74, 6) is -0.185. The molecule has 118 valence electrons. The van der Waals surface area contributed by atoms with Crippen LogP contribution in [0.4, 0.5) is 4.39 Å². The number of carbonyl (C=O) groups is 1. The number of rotatable bonds is 5. The lowest BCUT2D eigenvalue weighted by Gasteiger charge is -2.13. The summed E-state index contributed by atoms with van der Waals surface area (Å²) in [6, 6.07) is 4.53. The third-order valence-electron chi connectivity index (χ3n) is 3.38. The van der Waals surface area contributed by atoms with Crippen LogP contribution in [-0.4, -0.2) is 31.8 Å². The minimum atomic E-state index is -0.482. The van der Waals surface area contributed by atoms with Crippen LogP contribution >= 0.6 is 12.4 Å². The van der Waals surface area contributed by atoms with Crippen LogP contribution in [0.3, 0.4) is 0 Å². The number of amides is 1. The van der Waals surface area contributed by atoms with Crippen LogP contribution in [0.5, 0.6) is 5.75 Å². The van der Waals surface area contributed by atoms with Gasteiger partial charge in [0.25, 0.3) is 0 Å². The second-order valence-corrected chi connectivity index (χ2v) is 4.73. The highest BCUT2D eigenvalue weighted by Crippen LogP contribution is 2.19. The Morgan fingerprint density at radius 3 is 2.86 bits per heavy atom. The van der Waals surface area contributed by atoms with E-state index >= 15 is 0 Å². The van der Waals surface area contributed by atoms with Crippen molar-refractivity contribution in [3.63, 3.8) is 0 Å². The summed E-state index contributed by atoms with van der Waals surface area (Å²) < 4.78 is 24.1. The summed E-state index contributed by atoms with van der Waals surface area (Å²) in [6.45, 7) is 0.540. The second-order valence-electron chi connectivity index (χ2n) is 4.73. The van der Waals surface area contributed by atoms with Gasteiger partial charge in [-0.05, 0) is 18.9 Å². The van der Waals surface area contributed by atoms with Gasteiger partial charge in [-0.3, -0.25) is 4.79 Å². The third kappa shape index (κ3) is 4.56. The molecule has 1 aromatic rings. The van der Waals surface area contributed by atoms with Crippen molar-refractivity contribution < 1.29 is 18.7 Å². The van der Waals surface area contributed by atoms with Crippen LogP contribution in [-0.2, 0) is 16.1 Å². The molecule has 1 fully saturated rings. The average Bonchev–Trinajstić information content (AvgIpc) is 2.94. The van der Waals surface area contributed by atoms with Crippen molar-refractivity contribution in [2.24, 2.45) is 5.73 Å². The van der Waals surface area contributed by atoms with E-state index in [0.29, 0.717) is 24.3 Å². The zero-order chi connectivity index (χ0) is 14.5. The fourth-order valence-electron chi connectivity index (χ4n) is 2.17. The molecule has 1 amide bonds. The van der Waals surface area contributed by atoms with Gasteiger partial charge >= 0.3 is 0 Å². The number of carbonyl (C=O) groups excluding carboxylic acids is 1. The van der Waals surface area contributed by atoms with Gasteiger partial charge in [0.15, 0.2) is 0 Å². The molecule has 1 heterocycles. The molecule has 1 aliphatic heterocycles. The predicted octanol–water partition coefficient (Wildman–Crippen LogP) is 1.38. The monoisotopic (exact) mass is 318 g/mol. The molecule has 1 aromatic carbocycles. The molecular weight excluding hydrogens is 299 g/mol. The molecule has 1 aliphatic rings. The number of hydrogen-bond acceptors (Lipinski definition) is 4. The highest BCUT2D eigenvalue weighted by molar-refractivity contribution is 5.85. The molecule has 0 aliphatic carbocycles. The summed E-state index contributed by atoms with van der Waals surface area (Å²) in [4.78, 5) is 11.9. The zero-order valence-electron chi connectivity index (χ0n) is 11.8. The number of nitrogens with one attached hydrogen (secondary N) is 1. The van der Waals surface area contributed by atoms with E-state index in [1.54, 1.807) is 12.1 Å². The Morgan fingerprint density at radius 1 is 1.52 bits per heavy atom. The van der Waals surface area contributed by atoms with Crippen molar-refractivity contribution in [1.82, 2.24) is 5.32 Å². The van der Waals surface area contributed by atoms with Gasteiger partial charge in [-0.15, -0.1) is 12.4 Å². The maximum Gasteiger partial charge on any atom is 0.249 e. The van der Waals surface area contributed by atoms with Crippen LogP contribution in [0.1, 0.15) is 18.4 Å². The van der Waals surface area contributed by atoms with E-state index in [1.807, 2.05) is 0 Å². The van der Waals surface area contributed by atoms with E-state index in [4.69, 9.17) is 15.2 Å². The molecular formula is C14H20ClFN2O3. The predicted molar refractivity (Wildman–Crippen MR) is 79.0 cm³/mol. The first-order valence-electron chi connectivity index (χ1n) is 6.59. The minimum Gasteiger partial charge on any atom is -0.497 e. The van der Waals surface area contributed by atoms with Crippen molar-refractivity contribution in [3.8, 4) is 5.75 Å². The minimum absolute atomic E-state index is 0. The Labute approximate surface area is 129 Å². The summed E-state index contributed by atoms with van der Waals surface area (Å²) in [5, 5.41) is 2.68. The second kappa shape index (κ2) is 8.17. The van der Waals surface area contributed by atoms with Gasteiger partial charge in [0.1, 0.15) is 17.7 Å². The quantitative estimate of drug-likeness (QED) is 0.860. The van der Waals surface area contributed by atoms with Gasteiger partial charge in [0.2, 0.25) is 5.91 Å². The van der Waals surface area contributed by atoms with Crippen molar-refractivity contribution in [2.75, 3.05) is 13.7 Å². The van der Waals surface area contributed by atoms with Gasteiger partial charge in [0, 0.05) is 24.7 Å². The Hall–Kier alpha value is -1.37. The summed E-state index contributed by atoms with van der Waals surface area (Å²) in [5.41, 5.74) is 5.90. The van der Waals surface area contributed by atoms with E-state index in [1.165, 1.54) is 13.2 Å². The number of halogens is 2. The van der Waals surface area contributed by atoms with Crippen LogP contribution in [0, 0.1) is 5.82 Å². The largest absolute Gasteiger partial charge is 0.497 e. The molecule has 0 spiro atoms. The first kappa shape index (κ1) is 17.7. The SMILES string of the molecule is COc1ccc(CNC(=O)[C@@H]2CC[C@H](CN)O2)c(F)c1.Cl. The summed E-state index contributed by atoms with van der Waals surface area (Å²) >= 11 is 0. The number of ether oxygens (including phenoxy) is 2. The van der Waals surface area contributed by atoms with Crippen LogP contribution in [0.15, 0.2) is 18.2 Å². The van der Waals surface area contributed by atoms with Crippen molar-refractivity contribution in [3.05, 3.63) is 29.6 Å². The Bertz CT molecular complexity index is 487. The number of hydrogen-bond donors (Lipinski definition) is 2. The average molecular weight is 319 g/mol. The first-order valence-corrected chi connectivity index (χ1v) is 6.59. The molecule has 2 atom stereocenters. The molecule has 21 heavy (non-hydrogen) atoms. The molecule has 0 unspecified atom stereocenters. The molecule has 7 heteroatoms. The molecule has 5 nitrogen and oxygen atoms in total. The number of benzene rings is 1. The van der Waals surface area contributed by atoms with Gasteiger partial charge in [-0.1, -0.05) is 6.07 Å². The standard InChI is InChI=1S/C14H19FN2O3.ClH/c1-19-10-3-2-9(12(15)6-10)8-17-14(18)13-5-4-11(7-16)20-13;/h2-3,6,11,13H,4-5,7-8,16H2,1H3,(H,17,18);1H/t11-,13+;/m1./s1. The molecule has 3 N–H and O–H groups in total. The zero-order valence-corrected chi connectivity index (χ0v) is 12.6. The van der Waals surface area contributed by atoms with Crippen molar-refractivity contribution in [2.45, 2.75) is 31.6 Å². The Morgan fingerprint density at radius 2 is 2.29 bits per heavy atom. The van der Waals surface area contributed by atoms with Crippen molar-refractivity contribution in [1.29, 1.82) is 0 Å². The van der Waals surface area contributed by atoms with E-state index in [2.05, 4.69) is 5.32 Å². The van der Waals surface area contributed by atoms with Gasteiger partial charge in [0.05, 0.1) is 13.2 Å². The molecule has 0 saturated carbocycles. The van der Waals surface area contributed by atoms with Crippen LogP contribution in [0.25, 0.3) is 0 Å². The fraction of sp³-hybridized carbons (Fsp3) is 0.500. The number of methoxy groups -OCH3 is 1. The maximum absolute atomic E-state index is 13.7. The smallest absolute Gasteiger partial charge is 0.249 e. The first-order chi connectivity index (χ1) is 9.63. The molecule has 1 saturated heterocycles. The van der Waals surface area contributed by atoms with Crippen LogP contribution in [0.2, 0.25) is 0 Å². The van der Waals surface area contributed by atoms with Gasteiger partial charge < -0.3 is 20.5 Å². The normalized spacial score (nSPS) is 20.7. The highest BCUT2D eigenvalue weighted by Gasteiger charge is 2.29. The topological polar surface area (TPSA) is 73.6 Å². The van der Waals surface area contributed by atoms with Gasteiger partial charge in [-0.2, -0.15) is 0 Å². The van der Waals surface area contributed by atoms with Crippen LogP contribution < -0.4 is 15.8 Å². The number of nitrogens with two attached hydrogens (primary N) is 1. The van der Waals surface area contributed by atoms with Gasteiger partial charge in [-0.25, -0.2) is 4.39 Å². The Kier molecular flexibility index (Phi) is 6.87. The van der Waals surface area contributed by atoms with E-state index in [0.717, 1.165) is 6.42 Å². The fourth-order valence-corrected chi connectivity index (χ4v) is 2.17. The molecule has 0 radical (unpaired) electrons. The van der Waals surface area contributed by atoms with E-state index in [9.17, 15) is 9.18 Å². The third-order valence-corrected chi connectivity index (χ3v) is 3.38. The molecule has 2 rings (SSSR count). The lowest BCUT2D eigenvalue weighted by Crippen LogP contribution is -2.35. The molecule has 0 aromatic heterocycles. The Balaban J connectivity index is 0.00000220.